The molecule has 0 radical (unpaired) electrons. The first-order valence-electron chi connectivity index (χ1n) is 7.72. The largest absolute Gasteiger partial charge is 0.375 e. The van der Waals surface area contributed by atoms with E-state index in [0.29, 0.717) is 19.6 Å². The molecular formula is C14H26N4O3. The molecule has 3 N–H and O–H groups in total. The van der Waals surface area contributed by atoms with Gasteiger partial charge in [0.2, 0.25) is 11.8 Å². The van der Waals surface area contributed by atoms with Crippen LogP contribution in [0.5, 0.6) is 0 Å². The number of amides is 2. The quantitative estimate of drug-likeness (QED) is 0.587. The SMILES string of the molecule is CNC(=O)CN1CCC(NC(=O)CC2CNCCO2)CC1. The highest BCUT2D eigenvalue weighted by Gasteiger charge is 2.23. The molecule has 2 aliphatic rings. The van der Waals surface area contributed by atoms with Gasteiger partial charge in [0.25, 0.3) is 0 Å². The van der Waals surface area contributed by atoms with Gasteiger partial charge in [-0.05, 0) is 12.8 Å². The summed E-state index contributed by atoms with van der Waals surface area (Å²) in [6.07, 6.45) is 2.21. The summed E-state index contributed by atoms with van der Waals surface area (Å²) in [6, 6.07) is 0.218. The molecule has 0 saturated carbocycles. The Kier molecular flexibility index (Phi) is 6.41. The van der Waals surface area contributed by atoms with Gasteiger partial charge in [0.1, 0.15) is 0 Å². The van der Waals surface area contributed by atoms with Crippen LogP contribution in [-0.4, -0.2) is 75.2 Å². The van der Waals surface area contributed by atoms with Gasteiger partial charge in [-0.2, -0.15) is 0 Å². The van der Waals surface area contributed by atoms with Crippen molar-refractivity contribution in [3.05, 3.63) is 0 Å². The monoisotopic (exact) mass is 298 g/mol. The zero-order chi connectivity index (χ0) is 15.1. The number of likely N-dealkylation sites (N-methyl/N-ethyl adjacent to an activating group) is 1. The normalized spacial score (nSPS) is 24.5. The third kappa shape index (κ3) is 5.61. The van der Waals surface area contributed by atoms with E-state index < -0.39 is 0 Å². The van der Waals surface area contributed by atoms with Crippen molar-refractivity contribution in [3.63, 3.8) is 0 Å². The first-order chi connectivity index (χ1) is 10.2. The van der Waals surface area contributed by atoms with E-state index in [2.05, 4.69) is 20.9 Å². The number of nitrogens with zero attached hydrogens (tertiary/aromatic N) is 1. The van der Waals surface area contributed by atoms with Crippen molar-refractivity contribution in [1.29, 1.82) is 0 Å². The molecule has 2 saturated heterocycles. The Morgan fingerprint density at radius 1 is 1.29 bits per heavy atom. The predicted molar refractivity (Wildman–Crippen MR) is 78.9 cm³/mol. The highest BCUT2D eigenvalue weighted by Crippen LogP contribution is 2.11. The first kappa shape index (κ1) is 16.2. The maximum atomic E-state index is 12.0. The molecule has 2 fully saturated rings. The molecule has 21 heavy (non-hydrogen) atoms. The number of hydrogen-bond donors (Lipinski definition) is 3. The molecule has 1 atom stereocenters. The average molecular weight is 298 g/mol. The van der Waals surface area contributed by atoms with Gasteiger partial charge in [-0.1, -0.05) is 0 Å². The van der Waals surface area contributed by atoms with Gasteiger partial charge in [0, 0.05) is 39.3 Å². The van der Waals surface area contributed by atoms with Crippen LogP contribution < -0.4 is 16.0 Å². The fourth-order valence-corrected chi connectivity index (χ4v) is 2.76. The van der Waals surface area contributed by atoms with E-state index in [0.717, 1.165) is 39.0 Å². The van der Waals surface area contributed by atoms with Crippen LogP contribution in [0.25, 0.3) is 0 Å². The number of likely N-dealkylation sites (tertiary alicyclic amines) is 1. The molecule has 0 aromatic heterocycles. The second-order valence-electron chi connectivity index (χ2n) is 5.69. The molecule has 2 amide bonds. The summed E-state index contributed by atoms with van der Waals surface area (Å²) in [5, 5.41) is 8.93. The van der Waals surface area contributed by atoms with Gasteiger partial charge < -0.3 is 20.7 Å². The van der Waals surface area contributed by atoms with Crippen LogP contribution in [0.4, 0.5) is 0 Å². The van der Waals surface area contributed by atoms with Crippen molar-refractivity contribution in [2.24, 2.45) is 0 Å². The fraction of sp³-hybridized carbons (Fsp3) is 0.857. The van der Waals surface area contributed by atoms with Crippen molar-refractivity contribution in [2.45, 2.75) is 31.4 Å². The van der Waals surface area contributed by atoms with Crippen molar-refractivity contribution in [1.82, 2.24) is 20.9 Å². The van der Waals surface area contributed by atoms with Crippen molar-refractivity contribution in [2.75, 3.05) is 46.4 Å². The standard InChI is InChI=1S/C14H26N4O3/c1-15-14(20)10-18-5-2-11(3-6-18)17-13(19)8-12-9-16-4-7-21-12/h11-12,16H,2-10H2,1H3,(H,15,20)(H,17,19). The molecule has 7 heteroatoms. The Balaban J connectivity index is 1.63. The molecule has 1 unspecified atom stereocenters. The number of hydrogen-bond acceptors (Lipinski definition) is 5. The summed E-state index contributed by atoms with van der Waals surface area (Å²) in [5.41, 5.74) is 0. The Morgan fingerprint density at radius 3 is 2.67 bits per heavy atom. The molecule has 120 valence electrons. The van der Waals surface area contributed by atoms with E-state index >= 15 is 0 Å². The Labute approximate surface area is 125 Å². The second kappa shape index (κ2) is 8.31. The highest BCUT2D eigenvalue weighted by atomic mass is 16.5. The van der Waals surface area contributed by atoms with Gasteiger partial charge in [0.05, 0.1) is 25.7 Å². The summed E-state index contributed by atoms with van der Waals surface area (Å²) in [6.45, 7) is 4.42. The summed E-state index contributed by atoms with van der Waals surface area (Å²) < 4.78 is 5.53. The minimum atomic E-state index is -0.00732. The minimum absolute atomic E-state index is 0.00732. The van der Waals surface area contributed by atoms with Crippen LogP contribution in [0.2, 0.25) is 0 Å². The van der Waals surface area contributed by atoms with Crippen LogP contribution in [0.1, 0.15) is 19.3 Å². The molecular weight excluding hydrogens is 272 g/mol. The van der Waals surface area contributed by atoms with E-state index in [1.165, 1.54) is 0 Å². The van der Waals surface area contributed by atoms with Crippen LogP contribution in [0.15, 0.2) is 0 Å². The number of morpholine rings is 1. The Bertz CT molecular complexity index is 350. The zero-order valence-electron chi connectivity index (χ0n) is 12.7. The zero-order valence-corrected chi connectivity index (χ0v) is 12.7. The molecule has 2 aliphatic heterocycles. The topological polar surface area (TPSA) is 82.7 Å². The van der Waals surface area contributed by atoms with Gasteiger partial charge >= 0.3 is 0 Å². The molecule has 2 heterocycles. The smallest absolute Gasteiger partial charge is 0.233 e. The lowest BCUT2D eigenvalue weighted by molar-refractivity contribution is -0.126. The third-order valence-electron chi connectivity index (χ3n) is 4.02. The minimum Gasteiger partial charge on any atom is -0.375 e. The van der Waals surface area contributed by atoms with Gasteiger partial charge in [-0.15, -0.1) is 0 Å². The van der Waals surface area contributed by atoms with Gasteiger partial charge in [-0.3, -0.25) is 14.5 Å². The summed E-state index contributed by atoms with van der Waals surface area (Å²) >= 11 is 0. The number of piperidine rings is 1. The Hall–Kier alpha value is -1.18. The lowest BCUT2D eigenvalue weighted by atomic mass is 10.0. The number of ether oxygens (including phenoxy) is 1. The number of rotatable bonds is 5. The summed E-state index contributed by atoms with van der Waals surface area (Å²) in [7, 11) is 1.65. The van der Waals surface area contributed by atoms with Crippen molar-refractivity contribution < 1.29 is 14.3 Å². The third-order valence-corrected chi connectivity index (χ3v) is 4.02. The number of nitrogens with one attached hydrogen (secondary N) is 3. The van der Waals surface area contributed by atoms with Gasteiger partial charge in [-0.25, -0.2) is 0 Å². The second-order valence-corrected chi connectivity index (χ2v) is 5.69. The van der Waals surface area contributed by atoms with Crippen LogP contribution in [-0.2, 0) is 14.3 Å². The number of carbonyl (C=O) groups excluding carboxylic acids is 2. The van der Waals surface area contributed by atoms with E-state index in [1.807, 2.05) is 0 Å². The van der Waals surface area contributed by atoms with E-state index in [4.69, 9.17) is 4.74 Å². The van der Waals surface area contributed by atoms with Crippen molar-refractivity contribution >= 4 is 11.8 Å². The summed E-state index contributed by atoms with van der Waals surface area (Å²) in [5.74, 6) is 0.105. The van der Waals surface area contributed by atoms with Crippen LogP contribution in [0, 0.1) is 0 Å². The van der Waals surface area contributed by atoms with Crippen LogP contribution in [0.3, 0.4) is 0 Å². The summed E-state index contributed by atoms with van der Waals surface area (Å²) in [4.78, 5) is 25.4. The first-order valence-corrected chi connectivity index (χ1v) is 7.72. The molecule has 2 rings (SSSR count). The average Bonchev–Trinajstić information content (AvgIpc) is 2.50. The fourth-order valence-electron chi connectivity index (χ4n) is 2.76. The van der Waals surface area contributed by atoms with Crippen molar-refractivity contribution in [3.8, 4) is 0 Å². The molecule has 0 bridgehead atoms. The lowest BCUT2D eigenvalue weighted by Gasteiger charge is -2.32. The van der Waals surface area contributed by atoms with E-state index in [-0.39, 0.29) is 24.0 Å². The molecule has 0 aromatic rings. The maximum absolute atomic E-state index is 12.0. The van der Waals surface area contributed by atoms with Gasteiger partial charge in [0.15, 0.2) is 0 Å². The molecule has 0 aliphatic carbocycles. The Morgan fingerprint density at radius 2 is 2.05 bits per heavy atom. The molecule has 0 aromatic carbocycles. The molecule has 0 spiro atoms. The maximum Gasteiger partial charge on any atom is 0.233 e. The highest BCUT2D eigenvalue weighted by molar-refractivity contribution is 5.78. The van der Waals surface area contributed by atoms with E-state index in [9.17, 15) is 9.59 Å². The lowest BCUT2D eigenvalue weighted by Crippen LogP contribution is -2.48. The number of carbonyl (C=O) groups is 2. The predicted octanol–water partition coefficient (Wildman–Crippen LogP) is -1.31. The van der Waals surface area contributed by atoms with Crippen LogP contribution >= 0.6 is 0 Å². The molecule has 7 nitrogen and oxygen atoms in total. The van der Waals surface area contributed by atoms with E-state index in [1.54, 1.807) is 7.05 Å².